The largest absolute Gasteiger partial charge is 0.512 e. The summed E-state index contributed by atoms with van der Waals surface area (Å²) in [4.78, 5) is 15.0. The first-order valence-corrected chi connectivity index (χ1v) is 15.0. The van der Waals surface area contributed by atoms with E-state index in [0.717, 1.165) is 5.69 Å². The zero-order valence-corrected chi connectivity index (χ0v) is 24.9. The van der Waals surface area contributed by atoms with Crippen LogP contribution in [0.4, 0.5) is 0 Å². The van der Waals surface area contributed by atoms with Gasteiger partial charge in [0.15, 0.2) is 5.78 Å². The fraction of sp³-hybridized carbons (Fsp3) is 0.226. The van der Waals surface area contributed by atoms with Crippen molar-refractivity contribution in [3.8, 4) is 22.4 Å². The Balaban J connectivity index is 0.000000338. The van der Waals surface area contributed by atoms with Crippen LogP contribution in [-0.4, -0.2) is 23.9 Å². The monoisotopic (exact) mass is 669 g/mol. The molecule has 4 aromatic rings. The van der Waals surface area contributed by atoms with Gasteiger partial charge in [-0.3, -0.25) is 4.79 Å². The third-order valence-corrected chi connectivity index (χ3v) is 10.9. The third-order valence-electron chi connectivity index (χ3n) is 7.41. The van der Waals surface area contributed by atoms with E-state index in [0.29, 0.717) is 0 Å². The van der Waals surface area contributed by atoms with Gasteiger partial charge in [0.25, 0.3) is 0 Å². The van der Waals surface area contributed by atoms with Gasteiger partial charge in [-0.1, -0.05) is 85.4 Å². The van der Waals surface area contributed by atoms with E-state index < -0.39 is 8.07 Å². The number of aliphatic hydroxyl groups is 1. The van der Waals surface area contributed by atoms with Gasteiger partial charge in [-0.15, -0.1) is 23.3 Å². The number of hydrogen-bond acceptors (Lipinski definition) is 3. The van der Waals surface area contributed by atoms with E-state index in [1.807, 2.05) is 6.20 Å². The average molecular weight is 669 g/mol. The van der Waals surface area contributed by atoms with E-state index >= 15 is 0 Å². The Bertz CT molecular complexity index is 1550. The third kappa shape index (κ3) is 3.90. The number of nitrogens with zero attached hydrogens (tertiary/aromatic N) is 1. The minimum absolute atomic E-state index is 0. The van der Waals surface area contributed by atoms with Gasteiger partial charge in [0.1, 0.15) is 8.07 Å². The van der Waals surface area contributed by atoms with E-state index in [1.54, 1.807) is 5.19 Å². The molecule has 0 spiro atoms. The Morgan fingerprint density at radius 2 is 1.69 bits per heavy atom. The first-order chi connectivity index (χ1) is 16.5. The van der Waals surface area contributed by atoms with Crippen molar-refractivity contribution in [1.82, 2.24) is 4.98 Å². The quantitative estimate of drug-likeness (QED) is 0.114. The SMILES string of the molecule is CC(=O)/C=C(/C)O.CC1(C)c2cccc3c2-c2c(ccnc2-c2[c-]cc4ccccc4c21)[Si]3(C)C.[Ir]. The first kappa shape index (κ1) is 26.2. The van der Waals surface area contributed by atoms with Crippen LogP contribution in [0.1, 0.15) is 38.8 Å². The molecule has 2 heterocycles. The molecular formula is C31H30IrNO2Si-. The molecule has 2 aliphatic rings. The smallest absolute Gasteiger partial charge is 0.155 e. The maximum absolute atomic E-state index is 10.0. The fourth-order valence-corrected chi connectivity index (χ4v) is 8.95. The molecular weight excluding hydrogens is 639 g/mol. The van der Waals surface area contributed by atoms with Crippen LogP contribution in [0.2, 0.25) is 13.1 Å². The minimum atomic E-state index is -1.72. The van der Waals surface area contributed by atoms with Crippen LogP contribution in [-0.2, 0) is 30.3 Å². The number of carbonyl (C=O) groups is 1. The number of aromatic nitrogens is 1. The molecule has 5 heteroatoms. The van der Waals surface area contributed by atoms with Gasteiger partial charge in [0.2, 0.25) is 0 Å². The van der Waals surface area contributed by atoms with E-state index in [4.69, 9.17) is 10.1 Å². The van der Waals surface area contributed by atoms with Gasteiger partial charge >= 0.3 is 0 Å². The number of fused-ring (bicyclic) bond motifs is 4. The number of pyridine rings is 1. The Morgan fingerprint density at radius 3 is 2.36 bits per heavy atom. The van der Waals surface area contributed by atoms with Gasteiger partial charge in [-0.25, -0.2) is 0 Å². The van der Waals surface area contributed by atoms with Gasteiger partial charge < -0.3 is 10.1 Å². The van der Waals surface area contributed by atoms with Crippen molar-refractivity contribution in [1.29, 1.82) is 0 Å². The summed E-state index contributed by atoms with van der Waals surface area (Å²) in [6.45, 7) is 12.6. The molecule has 3 nitrogen and oxygen atoms in total. The van der Waals surface area contributed by atoms with Gasteiger partial charge in [0, 0.05) is 32.4 Å². The van der Waals surface area contributed by atoms with Crippen LogP contribution >= 0.6 is 0 Å². The van der Waals surface area contributed by atoms with Crippen LogP contribution in [0.3, 0.4) is 0 Å². The van der Waals surface area contributed by atoms with Crippen molar-refractivity contribution in [2.24, 2.45) is 0 Å². The Labute approximate surface area is 227 Å². The number of benzene rings is 3. The molecule has 0 amide bonds. The molecule has 0 fully saturated rings. The summed E-state index contributed by atoms with van der Waals surface area (Å²) < 4.78 is 0. The van der Waals surface area contributed by atoms with Crippen LogP contribution in [0, 0.1) is 6.07 Å². The van der Waals surface area contributed by atoms with Crippen molar-refractivity contribution in [2.75, 3.05) is 0 Å². The molecule has 0 bridgehead atoms. The second kappa shape index (κ2) is 9.22. The van der Waals surface area contributed by atoms with Crippen molar-refractivity contribution >= 4 is 35.0 Å². The van der Waals surface area contributed by atoms with Crippen molar-refractivity contribution in [3.63, 3.8) is 0 Å². The zero-order valence-electron chi connectivity index (χ0n) is 21.5. The van der Waals surface area contributed by atoms with Crippen molar-refractivity contribution in [3.05, 3.63) is 89.8 Å². The molecule has 185 valence electrons. The summed E-state index contributed by atoms with van der Waals surface area (Å²) >= 11 is 0. The molecule has 1 radical (unpaired) electrons. The average Bonchev–Trinajstić information content (AvgIpc) is 2.99. The predicted molar refractivity (Wildman–Crippen MR) is 147 cm³/mol. The molecule has 1 aliphatic carbocycles. The first-order valence-electron chi connectivity index (χ1n) is 12.0. The summed E-state index contributed by atoms with van der Waals surface area (Å²) in [5.74, 6) is -0.0625. The molecule has 0 atom stereocenters. The molecule has 3 aromatic carbocycles. The molecule has 1 N–H and O–H groups in total. The summed E-state index contributed by atoms with van der Waals surface area (Å²) in [6, 6.07) is 23.7. The zero-order chi connectivity index (χ0) is 25.1. The number of ketones is 1. The van der Waals surface area contributed by atoms with Crippen molar-refractivity contribution < 1.29 is 30.0 Å². The summed E-state index contributed by atoms with van der Waals surface area (Å²) in [6.07, 6.45) is 3.18. The molecule has 6 rings (SSSR count). The normalized spacial score (nSPS) is 15.6. The van der Waals surface area contributed by atoms with Gasteiger partial charge in [-0.05, 0) is 52.9 Å². The van der Waals surface area contributed by atoms with E-state index in [2.05, 4.69) is 87.6 Å². The number of rotatable bonds is 1. The second-order valence-corrected chi connectivity index (χ2v) is 14.9. The standard InChI is InChI=1S/C26H22NSi.C5H8O2.Ir/c1-26(2)19-10-7-11-20-22(19)23-21(28(20,3)4)14-15-27-25(23)18-13-12-16-8-5-6-9-17(16)24(18)26;1-4(6)3-5(2)7;/h5-12,14-15H,1-4H3;3,6H,1-2H3;/q-1;;/b;4-3-;. The van der Waals surface area contributed by atoms with Crippen LogP contribution < -0.4 is 10.4 Å². The van der Waals surface area contributed by atoms with Crippen LogP contribution in [0.5, 0.6) is 0 Å². The van der Waals surface area contributed by atoms with Gasteiger partial charge in [-0.2, -0.15) is 0 Å². The number of aliphatic hydroxyl groups excluding tert-OH is 1. The van der Waals surface area contributed by atoms with Crippen LogP contribution in [0.25, 0.3) is 33.2 Å². The minimum Gasteiger partial charge on any atom is -0.512 e. The summed E-state index contributed by atoms with van der Waals surface area (Å²) in [5.41, 5.74) is 7.80. The van der Waals surface area contributed by atoms with E-state index in [-0.39, 0.29) is 37.1 Å². The summed E-state index contributed by atoms with van der Waals surface area (Å²) in [5, 5.41) is 14.0. The molecule has 0 saturated heterocycles. The Kier molecular flexibility index (Phi) is 6.72. The molecule has 1 aromatic heterocycles. The molecule has 36 heavy (non-hydrogen) atoms. The number of hydrogen-bond donors (Lipinski definition) is 1. The molecule has 0 saturated carbocycles. The fourth-order valence-electron chi connectivity index (χ4n) is 5.91. The van der Waals surface area contributed by atoms with E-state index in [9.17, 15) is 4.79 Å². The molecule has 1 aliphatic heterocycles. The topological polar surface area (TPSA) is 50.2 Å². The Morgan fingerprint density at radius 1 is 1.00 bits per heavy atom. The van der Waals surface area contributed by atoms with E-state index in [1.165, 1.54) is 63.7 Å². The molecule has 0 unspecified atom stereocenters. The Hall–Kier alpha value is -2.85. The van der Waals surface area contributed by atoms with Crippen molar-refractivity contribution in [2.45, 2.75) is 46.2 Å². The van der Waals surface area contributed by atoms with Crippen LogP contribution in [0.15, 0.2) is 72.6 Å². The number of allylic oxidation sites excluding steroid dienone is 2. The predicted octanol–water partition coefficient (Wildman–Crippen LogP) is 6.18. The maximum Gasteiger partial charge on any atom is 0.155 e. The number of carbonyl (C=O) groups excluding carboxylic acids is 1. The maximum atomic E-state index is 10.0. The summed E-state index contributed by atoms with van der Waals surface area (Å²) in [7, 11) is -1.72. The van der Waals surface area contributed by atoms with Gasteiger partial charge in [0.05, 0.1) is 5.76 Å². The second-order valence-electron chi connectivity index (χ2n) is 10.6.